The molecule has 0 spiro atoms. The minimum absolute atomic E-state index is 0.297. The topological polar surface area (TPSA) is 92.4 Å². The lowest BCUT2D eigenvalue weighted by Crippen LogP contribution is -2.26. The Labute approximate surface area is 112 Å². The first kappa shape index (κ1) is 13.8. The maximum atomic E-state index is 5.58. The number of anilines is 2. The van der Waals surface area contributed by atoms with Crippen molar-refractivity contribution in [1.82, 2.24) is 19.9 Å². The average molecular weight is 267 g/mol. The molecule has 1 fully saturated rings. The Morgan fingerprint density at radius 2 is 2.00 bits per heavy atom. The first-order valence-electron chi connectivity index (χ1n) is 6.44. The summed E-state index contributed by atoms with van der Waals surface area (Å²) in [6, 6.07) is 0.297. The van der Waals surface area contributed by atoms with Crippen LogP contribution in [0.25, 0.3) is 0 Å². The van der Waals surface area contributed by atoms with Gasteiger partial charge in [0, 0.05) is 20.6 Å². The fourth-order valence-corrected chi connectivity index (χ4v) is 1.95. The van der Waals surface area contributed by atoms with Crippen molar-refractivity contribution in [3.05, 3.63) is 0 Å². The number of hydrazine groups is 1. The summed E-state index contributed by atoms with van der Waals surface area (Å²) in [4.78, 5) is 16.5. The molecule has 0 amide bonds. The third-order valence-corrected chi connectivity index (χ3v) is 2.97. The summed E-state index contributed by atoms with van der Waals surface area (Å²) < 4.78 is 5.58. The van der Waals surface area contributed by atoms with Crippen molar-refractivity contribution in [3.63, 3.8) is 0 Å². The molecule has 1 aliphatic heterocycles. The van der Waals surface area contributed by atoms with Gasteiger partial charge in [-0.3, -0.25) is 10.3 Å². The van der Waals surface area contributed by atoms with Gasteiger partial charge in [-0.15, -0.1) is 0 Å². The Balaban J connectivity index is 1.92. The second-order valence-electron chi connectivity index (χ2n) is 4.68. The van der Waals surface area contributed by atoms with Crippen molar-refractivity contribution in [3.8, 4) is 6.01 Å². The molecular weight excluding hydrogens is 246 g/mol. The third kappa shape index (κ3) is 3.90. The van der Waals surface area contributed by atoms with Gasteiger partial charge in [0.2, 0.25) is 11.9 Å². The monoisotopic (exact) mass is 267 g/mol. The minimum atomic E-state index is 0.297. The Morgan fingerprint density at radius 1 is 1.26 bits per heavy atom. The van der Waals surface area contributed by atoms with Crippen molar-refractivity contribution in [2.45, 2.75) is 12.8 Å². The van der Waals surface area contributed by atoms with E-state index in [4.69, 9.17) is 10.6 Å². The van der Waals surface area contributed by atoms with Crippen LogP contribution in [0.3, 0.4) is 0 Å². The fraction of sp³-hybridized carbons (Fsp3) is 0.727. The molecule has 0 saturated carbocycles. The molecule has 106 valence electrons. The van der Waals surface area contributed by atoms with E-state index in [1.54, 1.807) is 4.90 Å². The van der Waals surface area contributed by atoms with Crippen LogP contribution in [-0.4, -0.2) is 60.2 Å². The maximum Gasteiger partial charge on any atom is 0.323 e. The summed E-state index contributed by atoms with van der Waals surface area (Å²) >= 11 is 0. The number of ether oxygens (including phenoxy) is 1. The molecule has 1 aliphatic rings. The van der Waals surface area contributed by atoms with Gasteiger partial charge < -0.3 is 9.64 Å². The normalized spacial score (nSPS) is 15.5. The highest BCUT2D eigenvalue weighted by atomic mass is 16.5. The molecule has 0 radical (unpaired) electrons. The lowest BCUT2D eigenvalue weighted by Gasteiger charge is -2.15. The lowest BCUT2D eigenvalue weighted by molar-refractivity contribution is 0.225. The zero-order valence-electron chi connectivity index (χ0n) is 11.5. The van der Waals surface area contributed by atoms with E-state index in [2.05, 4.69) is 25.3 Å². The number of likely N-dealkylation sites (tertiary alicyclic amines) is 1. The number of hydrogen-bond donors (Lipinski definition) is 2. The SMILES string of the molecule is CN(C)c1nc(NN)nc(OCCN2CCCC2)n1. The van der Waals surface area contributed by atoms with Crippen LogP contribution >= 0.6 is 0 Å². The predicted molar refractivity (Wildman–Crippen MR) is 73.1 cm³/mol. The molecule has 0 bridgehead atoms. The van der Waals surface area contributed by atoms with Crippen LogP contribution < -0.4 is 20.9 Å². The number of aromatic nitrogens is 3. The largest absolute Gasteiger partial charge is 0.462 e. The summed E-state index contributed by atoms with van der Waals surface area (Å²) in [6.07, 6.45) is 2.55. The molecular formula is C11H21N7O. The predicted octanol–water partition coefficient (Wildman–Crippen LogP) is -0.302. The molecule has 8 nitrogen and oxygen atoms in total. The summed E-state index contributed by atoms with van der Waals surface area (Å²) in [5, 5.41) is 0. The summed E-state index contributed by atoms with van der Waals surface area (Å²) in [5.74, 6) is 6.14. The van der Waals surface area contributed by atoms with Crippen molar-refractivity contribution < 1.29 is 4.74 Å². The van der Waals surface area contributed by atoms with Gasteiger partial charge in [0.25, 0.3) is 0 Å². The molecule has 0 aromatic carbocycles. The van der Waals surface area contributed by atoms with Gasteiger partial charge in [0.05, 0.1) is 0 Å². The van der Waals surface area contributed by atoms with E-state index in [9.17, 15) is 0 Å². The number of nitrogens with one attached hydrogen (secondary N) is 1. The number of rotatable bonds is 6. The zero-order chi connectivity index (χ0) is 13.7. The number of nitrogens with zero attached hydrogens (tertiary/aromatic N) is 5. The van der Waals surface area contributed by atoms with E-state index in [-0.39, 0.29) is 0 Å². The smallest absolute Gasteiger partial charge is 0.323 e. The Morgan fingerprint density at radius 3 is 2.63 bits per heavy atom. The van der Waals surface area contributed by atoms with Gasteiger partial charge in [0.1, 0.15) is 6.61 Å². The van der Waals surface area contributed by atoms with Crippen LogP contribution in [0.4, 0.5) is 11.9 Å². The van der Waals surface area contributed by atoms with Crippen LogP contribution in [0.5, 0.6) is 6.01 Å². The lowest BCUT2D eigenvalue weighted by atomic mass is 10.4. The molecule has 8 heteroatoms. The van der Waals surface area contributed by atoms with Gasteiger partial charge in [-0.2, -0.15) is 15.0 Å². The molecule has 1 aromatic heterocycles. The van der Waals surface area contributed by atoms with Crippen LogP contribution in [0.2, 0.25) is 0 Å². The molecule has 3 N–H and O–H groups in total. The van der Waals surface area contributed by atoms with E-state index < -0.39 is 0 Å². The van der Waals surface area contributed by atoms with Gasteiger partial charge in [-0.05, 0) is 25.9 Å². The van der Waals surface area contributed by atoms with Crippen LogP contribution in [0.15, 0.2) is 0 Å². The number of nitrogen functional groups attached to an aromatic ring is 1. The van der Waals surface area contributed by atoms with E-state index in [0.717, 1.165) is 19.6 Å². The average Bonchev–Trinajstić information content (AvgIpc) is 2.91. The molecule has 0 unspecified atom stereocenters. The number of nitrogens with two attached hydrogens (primary N) is 1. The van der Waals surface area contributed by atoms with Gasteiger partial charge in [-0.1, -0.05) is 0 Å². The standard InChI is InChI=1S/C11H21N7O/c1-17(2)10-13-9(16-12)14-11(15-10)19-8-7-18-5-3-4-6-18/h3-8,12H2,1-2H3,(H,13,14,15,16). The van der Waals surface area contributed by atoms with Crippen molar-refractivity contribution >= 4 is 11.9 Å². The first-order valence-corrected chi connectivity index (χ1v) is 6.44. The van der Waals surface area contributed by atoms with Gasteiger partial charge >= 0.3 is 6.01 Å². The van der Waals surface area contributed by atoms with E-state index in [1.165, 1.54) is 12.8 Å². The number of hydrogen-bond acceptors (Lipinski definition) is 8. The summed E-state index contributed by atoms with van der Waals surface area (Å²) in [5.41, 5.74) is 2.41. The molecule has 0 aliphatic carbocycles. The third-order valence-electron chi connectivity index (χ3n) is 2.97. The molecule has 1 aromatic rings. The van der Waals surface area contributed by atoms with E-state index >= 15 is 0 Å². The second kappa shape index (κ2) is 6.48. The highest BCUT2D eigenvalue weighted by Gasteiger charge is 2.12. The molecule has 2 rings (SSSR count). The van der Waals surface area contributed by atoms with Crippen LogP contribution in [-0.2, 0) is 0 Å². The van der Waals surface area contributed by atoms with Crippen LogP contribution in [0.1, 0.15) is 12.8 Å². The molecule has 2 heterocycles. The minimum Gasteiger partial charge on any atom is -0.462 e. The fourth-order valence-electron chi connectivity index (χ4n) is 1.95. The maximum absolute atomic E-state index is 5.58. The van der Waals surface area contributed by atoms with Crippen molar-refractivity contribution in [2.75, 3.05) is 50.7 Å². The zero-order valence-corrected chi connectivity index (χ0v) is 11.5. The van der Waals surface area contributed by atoms with Gasteiger partial charge in [-0.25, -0.2) is 5.84 Å². The van der Waals surface area contributed by atoms with E-state index in [0.29, 0.717) is 24.5 Å². The summed E-state index contributed by atoms with van der Waals surface area (Å²) in [7, 11) is 3.70. The Kier molecular flexibility index (Phi) is 4.69. The molecule has 0 atom stereocenters. The van der Waals surface area contributed by atoms with Crippen molar-refractivity contribution in [2.24, 2.45) is 5.84 Å². The highest BCUT2D eigenvalue weighted by Crippen LogP contribution is 2.12. The van der Waals surface area contributed by atoms with E-state index in [1.807, 2.05) is 14.1 Å². The Bertz CT molecular complexity index is 406. The van der Waals surface area contributed by atoms with Crippen LogP contribution in [0, 0.1) is 0 Å². The Hall–Kier alpha value is -1.67. The quantitative estimate of drug-likeness (QED) is 0.536. The summed E-state index contributed by atoms with van der Waals surface area (Å²) in [6.45, 7) is 3.77. The molecule has 19 heavy (non-hydrogen) atoms. The first-order chi connectivity index (χ1) is 9.19. The van der Waals surface area contributed by atoms with Gasteiger partial charge in [0.15, 0.2) is 0 Å². The molecule has 1 saturated heterocycles. The highest BCUT2D eigenvalue weighted by molar-refractivity contribution is 5.35. The second-order valence-corrected chi connectivity index (χ2v) is 4.68. The van der Waals surface area contributed by atoms with Crippen molar-refractivity contribution in [1.29, 1.82) is 0 Å².